The quantitative estimate of drug-likeness (QED) is 0.775. The summed E-state index contributed by atoms with van der Waals surface area (Å²) < 4.78 is 14.3. The number of rotatable bonds is 6. The highest BCUT2D eigenvalue weighted by molar-refractivity contribution is 7.10. The molecule has 7 nitrogen and oxygen atoms in total. The molecule has 8 heteroatoms. The fourth-order valence-electron chi connectivity index (χ4n) is 1.98. The van der Waals surface area contributed by atoms with Gasteiger partial charge in [-0.1, -0.05) is 12.1 Å². The first-order valence-electron chi connectivity index (χ1n) is 7.28. The van der Waals surface area contributed by atoms with E-state index >= 15 is 0 Å². The van der Waals surface area contributed by atoms with Crippen molar-refractivity contribution in [3.8, 4) is 5.88 Å². The lowest BCUT2D eigenvalue weighted by Gasteiger charge is -2.10. The van der Waals surface area contributed by atoms with Crippen LogP contribution in [-0.2, 0) is 11.3 Å². The Labute approximate surface area is 143 Å². The van der Waals surface area contributed by atoms with Crippen LogP contribution in [0.2, 0.25) is 0 Å². The molecule has 24 heavy (non-hydrogen) atoms. The van der Waals surface area contributed by atoms with E-state index in [1.807, 2.05) is 19.9 Å². The fraction of sp³-hybridized carbons (Fsp3) is 0.312. The van der Waals surface area contributed by atoms with Gasteiger partial charge in [-0.25, -0.2) is 4.79 Å². The molecule has 0 unspecified atom stereocenters. The van der Waals surface area contributed by atoms with Gasteiger partial charge in [0.1, 0.15) is 11.6 Å². The van der Waals surface area contributed by atoms with Gasteiger partial charge in [0.15, 0.2) is 5.56 Å². The summed E-state index contributed by atoms with van der Waals surface area (Å²) in [6, 6.07) is 7.09. The Hall–Kier alpha value is -2.61. The van der Waals surface area contributed by atoms with Crippen LogP contribution < -0.4 is 15.8 Å². The molecule has 1 amide bonds. The van der Waals surface area contributed by atoms with Gasteiger partial charge >= 0.3 is 5.97 Å². The normalized spacial score (nSPS) is 10.5. The summed E-state index contributed by atoms with van der Waals surface area (Å²) >= 11 is 0.963. The van der Waals surface area contributed by atoms with Crippen LogP contribution in [0.1, 0.15) is 40.1 Å². The molecule has 1 heterocycles. The van der Waals surface area contributed by atoms with Gasteiger partial charge < -0.3 is 20.5 Å². The van der Waals surface area contributed by atoms with Crippen LogP contribution in [0.5, 0.6) is 5.88 Å². The molecule has 2 rings (SSSR count). The maximum Gasteiger partial charge on any atom is 0.346 e. The van der Waals surface area contributed by atoms with Gasteiger partial charge in [-0.2, -0.15) is 4.37 Å². The smallest absolute Gasteiger partial charge is 0.346 e. The molecule has 0 saturated carbocycles. The number of hydrogen-bond acceptors (Lipinski definition) is 7. The monoisotopic (exact) mass is 349 g/mol. The van der Waals surface area contributed by atoms with Crippen molar-refractivity contribution < 1.29 is 19.1 Å². The predicted octanol–water partition coefficient (Wildman–Crippen LogP) is 2.23. The molecule has 128 valence electrons. The Morgan fingerprint density at radius 2 is 2.12 bits per heavy atom. The Morgan fingerprint density at radius 1 is 1.38 bits per heavy atom. The third-order valence-corrected chi connectivity index (χ3v) is 3.72. The summed E-state index contributed by atoms with van der Waals surface area (Å²) in [5, 5.41) is 3.06. The summed E-state index contributed by atoms with van der Waals surface area (Å²) in [6.45, 7) is 3.94. The van der Waals surface area contributed by atoms with Crippen molar-refractivity contribution in [2.75, 3.05) is 12.8 Å². The van der Waals surface area contributed by atoms with Crippen molar-refractivity contribution in [2.24, 2.45) is 0 Å². The van der Waals surface area contributed by atoms with E-state index in [-0.39, 0.29) is 35.0 Å². The first-order chi connectivity index (χ1) is 11.4. The first-order valence-corrected chi connectivity index (χ1v) is 8.05. The number of ether oxygens (including phenoxy) is 2. The van der Waals surface area contributed by atoms with E-state index < -0.39 is 5.97 Å². The highest BCUT2D eigenvalue weighted by atomic mass is 32.1. The minimum Gasteiger partial charge on any atom is -0.472 e. The van der Waals surface area contributed by atoms with Crippen LogP contribution in [0.25, 0.3) is 0 Å². The minimum atomic E-state index is -0.596. The topological polar surface area (TPSA) is 104 Å². The van der Waals surface area contributed by atoms with Crippen molar-refractivity contribution in [2.45, 2.75) is 26.5 Å². The van der Waals surface area contributed by atoms with E-state index in [0.717, 1.165) is 17.1 Å². The second-order valence-corrected chi connectivity index (χ2v) is 6.14. The zero-order valence-corrected chi connectivity index (χ0v) is 14.5. The number of esters is 1. The average Bonchev–Trinajstić information content (AvgIpc) is 2.92. The molecule has 1 aromatic heterocycles. The number of aromatic nitrogens is 1. The van der Waals surface area contributed by atoms with E-state index in [1.54, 1.807) is 18.2 Å². The van der Waals surface area contributed by atoms with Gasteiger partial charge in [-0.15, -0.1) is 0 Å². The SMILES string of the molecule is COC(=O)c1c(OCc2cccc(C(=O)NC(C)C)c2)nsc1N. The average molecular weight is 349 g/mol. The lowest BCUT2D eigenvalue weighted by atomic mass is 10.1. The van der Waals surface area contributed by atoms with E-state index in [1.165, 1.54) is 7.11 Å². The Morgan fingerprint density at radius 3 is 2.79 bits per heavy atom. The number of nitrogen functional groups attached to an aromatic ring is 1. The first kappa shape index (κ1) is 17.7. The van der Waals surface area contributed by atoms with E-state index in [2.05, 4.69) is 14.4 Å². The Bertz CT molecular complexity index is 743. The minimum absolute atomic E-state index is 0.0537. The van der Waals surface area contributed by atoms with Crippen LogP contribution in [0.4, 0.5) is 5.00 Å². The van der Waals surface area contributed by atoms with E-state index in [0.29, 0.717) is 5.56 Å². The molecule has 1 aromatic carbocycles. The Kier molecular flexibility index (Phi) is 5.75. The molecular formula is C16H19N3O4S. The Balaban J connectivity index is 2.11. The number of anilines is 1. The molecule has 0 radical (unpaired) electrons. The molecule has 0 bridgehead atoms. The molecule has 3 N–H and O–H groups in total. The number of carbonyl (C=O) groups excluding carboxylic acids is 2. The summed E-state index contributed by atoms with van der Waals surface area (Å²) in [6.07, 6.45) is 0. The molecule has 0 aliphatic carbocycles. The fourth-order valence-corrected chi connectivity index (χ4v) is 2.56. The highest BCUT2D eigenvalue weighted by Gasteiger charge is 2.21. The van der Waals surface area contributed by atoms with Crippen LogP contribution in [-0.4, -0.2) is 29.4 Å². The maximum absolute atomic E-state index is 12.0. The zero-order valence-electron chi connectivity index (χ0n) is 13.7. The number of methoxy groups -OCH3 is 1. The number of hydrogen-bond donors (Lipinski definition) is 2. The number of nitrogens with two attached hydrogens (primary N) is 1. The van der Waals surface area contributed by atoms with Crippen molar-refractivity contribution in [3.05, 3.63) is 41.0 Å². The van der Waals surface area contributed by atoms with E-state index in [4.69, 9.17) is 10.5 Å². The summed E-state index contributed by atoms with van der Waals surface area (Å²) in [4.78, 5) is 23.7. The number of amides is 1. The van der Waals surface area contributed by atoms with Gasteiger partial charge in [-0.05, 0) is 43.1 Å². The predicted molar refractivity (Wildman–Crippen MR) is 91.2 cm³/mol. The highest BCUT2D eigenvalue weighted by Crippen LogP contribution is 2.29. The lowest BCUT2D eigenvalue weighted by Crippen LogP contribution is -2.30. The van der Waals surface area contributed by atoms with Crippen molar-refractivity contribution >= 4 is 28.4 Å². The molecule has 0 aliphatic rings. The van der Waals surface area contributed by atoms with Crippen LogP contribution in [0.3, 0.4) is 0 Å². The van der Waals surface area contributed by atoms with Crippen LogP contribution >= 0.6 is 11.5 Å². The lowest BCUT2D eigenvalue weighted by molar-refractivity contribution is 0.0596. The molecule has 0 aliphatic heterocycles. The van der Waals surface area contributed by atoms with Gasteiger partial charge in [0.25, 0.3) is 5.91 Å². The largest absolute Gasteiger partial charge is 0.472 e. The van der Waals surface area contributed by atoms with Gasteiger partial charge in [-0.3, -0.25) is 4.79 Å². The second kappa shape index (κ2) is 7.78. The number of nitrogens with one attached hydrogen (secondary N) is 1. The number of carbonyl (C=O) groups is 2. The van der Waals surface area contributed by atoms with E-state index in [9.17, 15) is 9.59 Å². The van der Waals surface area contributed by atoms with Crippen molar-refractivity contribution in [3.63, 3.8) is 0 Å². The molecule has 0 saturated heterocycles. The van der Waals surface area contributed by atoms with Gasteiger partial charge in [0.2, 0.25) is 5.88 Å². The van der Waals surface area contributed by atoms with Gasteiger partial charge in [0.05, 0.1) is 7.11 Å². The maximum atomic E-state index is 12.0. The number of nitrogens with zero attached hydrogens (tertiary/aromatic N) is 1. The molecule has 0 atom stereocenters. The van der Waals surface area contributed by atoms with Crippen molar-refractivity contribution in [1.82, 2.24) is 9.69 Å². The number of benzene rings is 1. The van der Waals surface area contributed by atoms with Crippen LogP contribution in [0, 0.1) is 0 Å². The summed E-state index contributed by atoms with van der Waals surface area (Å²) in [5.74, 6) is -0.623. The third-order valence-electron chi connectivity index (χ3n) is 3.06. The third kappa shape index (κ3) is 4.23. The van der Waals surface area contributed by atoms with Crippen molar-refractivity contribution in [1.29, 1.82) is 0 Å². The van der Waals surface area contributed by atoms with Crippen LogP contribution in [0.15, 0.2) is 24.3 Å². The molecule has 2 aromatic rings. The molecule has 0 spiro atoms. The van der Waals surface area contributed by atoms with Gasteiger partial charge in [0, 0.05) is 11.6 Å². The summed E-state index contributed by atoms with van der Waals surface area (Å²) in [5.41, 5.74) is 7.15. The molecule has 0 fully saturated rings. The summed E-state index contributed by atoms with van der Waals surface area (Å²) in [7, 11) is 1.26. The standard InChI is InChI=1S/C16H19N3O4S/c1-9(2)18-14(20)11-6-4-5-10(7-11)8-23-15-12(16(21)22-3)13(17)24-19-15/h4-7,9H,8,17H2,1-3H3,(H,18,20). The second-order valence-electron chi connectivity index (χ2n) is 5.34. The zero-order chi connectivity index (χ0) is 17.7. The molecular weight excluding hydrogens is 330 g/mol.